The molecule has 1 amide bonds. The molecule has 3 aromatic heterocycles. The van der Waals surface area contributed by atoms with Crippen LogP contribution in [0.4, 0.5) is 5.82 Å². The first-order valence-corrected chi connectivity index (χ1v) is 12.8. The van der Waals surface area contributed by atoms with Gasteiger partial charge in [-0.2, -0.15) is 8.42 Å². The Morgan fingerprint density at radius 1 is 1.27 bits per heavy atom. The molecule has 37 heavy (non-hydrogen) atoms. The van der Waals surface area contributed by atoms with Crippen molar-refractivity contribution >= 4 is 44.1 Å². The second-order valence-corrected chi connectivity index (χ2v) is 10.0. The summed E-state index contributed by atoms with van der Waals surface area (Å²) < 4.78 is 38.3. The number of anilines is 1. The van der Waals surface area contributed by atoms with E-state index in [1.807, 2.05) is 35.1 Å². The van der Waals surface area contributed by atoms with Crippen molar-refractivity contribution in [2.24, 2.45) is 0 Å². The topological polar surface area (TPSA) is 208 Å². The Kier molecular flexibility index (Phi) is 6.55. The number of para-hydroxylation sites is 1. The first-order valence-electron chi connectivity index (χ1n) is 11.4. The van der Waals surface area contributed by atoms with E-state index in [9.17, 15) is 23.4 Å². The maximum Gasteiger partial charge on any atom is 0.362 e. The number of aliphatic hydroxyl groups is 2. The molecule has 1 aromatic carbocycles. The number of nitrogens with two attached hydrogens (primary N) is 1. The van der Waals surface area contributed by atoms with Gasteiger partial charge in [0.2, 0.25) is 5.91 Å². The first-order chi connectivity index (χ1) is 17.6. The van der Waals surface area contributed by atoms with Gasteiger partial charge in [-0.1, -0.05) is 18.2 Å². The van der Waals surface area contributed by atoms with Gasteiger partial charge in [-0.05, 0) is 30.9 Å². The average molecular weight is 532 g/mol. The molecule has 14 nitrogen and oxygen atoms in total. The Bertz CT molecular complexity index is 1540. The predicted molar refractivity (Wildman–Crippen MR) is 130 cm³/mol. The Labute approximate surface area is 210 Å². The lowest BCUT2D eigenvalue weighted by molar-refractivity contribution is -0.119. The molecule has 4 heterocycles. The number of nitrogens with zero attached hydrogens (tertiary/aromatic N) is 4. The van der Waals surface area contributed by atoms with E-state index < -0.39 is 47.4 Å². The Hall–Kier alpha value is -3.63. The van der Waals surface area contributed by atoms with Gasteiger partial charge in [0.15, 0.2) is 17.7 Å². The van der Waals surface area contributed by atoms with Gasteiger partial charge in [0.05, 0.1) is 12.9 Å². The fraction of sp³-hybridized carbons (Fsp3) is 0.364. The maximum atomic E-state index is 12.3. The molecule has 4 aromatic rings. The monoisotopic (exact) mass is 531 g/mol. The van der Waals surface area contributed by atoms with Crippen molar-refractivity contribution in [3.05, 3.63) is 48.2 Å². The lowest BCUT2D eigenvalue weighted by Gasteiger charge is -2.16. The minimum Gasteiger partial charge on any atom is -0.387 e. The number of benzene rings is 1. The van der Waals surface area contributed by atoms with E-state index in [0.29, 0.717) is 12.2 Å². The van der Waals surface area contributed by atoms with Crippen LogP contribution in [0.2, 0.25) is 0 Å². The number of rotatable bonds is 8. The fourth-order valence-corrected chi connectivity index (χ4v) is 4.98. The van der Waals surface area contributed by atoms with Crippen LogP contribution in [-0.4, -0.2) is 74.0 Å². The Morgan fingerprint density at radius 3 is 2.84 bits per heavy atom. The summed E-state index contributed by atoms with van der Waals surface area (Å²) in [4.78, 5) is 27.8. The van der Waals surface area contributed by atoms with Crippen LogP contribution in [0, 0.1) is 6.92 Å². The molecule has 0 aliphatic carbocycles. The maximum absolute atomic E-state index is 12.3. The molecule has 15 heteroatoms. The molecule has 0 radical (unpaired) electrons. The third kappa shape index (κ3) is 5.12. The number of ether oxygens (including phenoxy) is 1. The molecule has 4 atom stereocenters. The minimum absolute atomic E-state index is 0.100. The van der Waals surface area contributed by atoms with Gasteiger partial charge in [0, 0.05) is 17.6 Å². The number of aryl methyl sites for hydroxylation is 2. The third-order valence-corrected chi connectivity index (χ3v) is 6.93. The van der Waals surface area contributed by atoms with Gasteiger partial charge >= 0.3 is 10.3 Å². The van der Waals surface area contributed by atoms with Crippen LogP contribution in [0.3, 0.4) is 0 Å². The van der Waals surface area contributed by atoms with Crippen LogP contribution >= 0.6 is 0 Å². The molecule has 1 saturated heterocycles. The molecule has 0 spiro atoms. The zero-order chi connectivity index (χ0) is 26.3. The summed E-state index contributed by atoms with van der Waals surface area (Å²) in [5, 5.41) is 21.9. The molecule has 1 fully saturated rings. The standard InChI is InChI=1S/C22H25N7O7S/c1-11-25-20(23)17-21(26-11)29(10-24-17)22-19(32)18(31)15(36-22)9-35-37(33,34)28-16(30)7-6-13-8-12-4-2-3-5-14(12)27-13/h2-5,8,10,15,18-19,22,27,31-32H,6-7,9H2,1H3,(H,28,30)(H2,23,25,26)/t15-,18?,19+,22-/m1/s1. The van der Waals surface area contributed by atoms with Crippen molar-refractivity contribution in [1.29, 1.82) is 0 Å². The van der Waals surface area contributed by atoms with E-state index in [2.05, 4.69) is 19.9 Å². The van der Waals surface area contributed by atoms with Crippen molar-refractivity contribution in [1.82, 2.24) is 29.2 Å². The summed E-state index contributed by atoms with van der Waals surface area (Å²) in [6, 6.07) is 9.49. The van der Waals surface area contributed by atoms with Gasteiger partial charge in [-0.25, -0.2) is 19.7 Å². The number of nitrogens with one attached hydrogen (secondary N) is 2. The van der Waals surface area contributed by atoms with Gasteiger partial charge in [0.1, 0.15) is 29.7 Å². The number of amides is 1. The molecular weight excluding hydrogens is 506 g/mol. The van der Waals surface area contributed by atoms with E-state index in [-0.39, 0.29) is 23.4 Å². The number of hydrogen-bond acceptors (Lipinski definition) is 11. The van der Waals surface area contributed by atoms with Crippen molar-refractivity contribution in [2.45, 2.75) is 44.3 Å². The lowest BCUT2D eigenvalue weighted by Crippen LogP contribution is -2.37. The zero-order valence-electron chi connectivity index (χ0n) is 19.6. The lowest BCUT2D eigenvalue weighted by atomic mass is 10.1. The third-order valence-electron chi connectivity index (χ3n) is 6.01. The van der Waals surface area contributed by atoms with Crippen LogP contribution in [-0.2, 0) is 30.4 Å². The summed E-state index contributed by atoms with van der Waals surface area (Å²) in [7, 11) is -4.49. The predicted octanol–water partition coefficient (Wildman–Crippen LogP) is -0.172. The van der Waals surface area contributed by atoms with Crippen molar-refractivity contribution < 1.29 is 32.3 Å². The number of H-pyrrole nitrogens is 1. The number of fused-ring (bicyclic) bond motifs is 2. The van der Waals surface area contributed by atoms with Crippen molar-refractivity contribution in [3.8, 4) is 0 Å². The van der Waals surface area contributed by atoms with Crippen LogP contribution in [0.5, 0.6) is 0 Å². The van der Waals surface area contributed by atoms with E-state index in [0.717, 1.165) is 16.6 Å². The number of aliphatic hydroxyl groups excluding tert-OH is 2. The summed E-state index contributed by atoms with van der Waals surface area (Å²) in [5.74, 6) is -0.256. The highest BCUT2D eigenvalue weighted by atomic mass is 32.2. The number of aromatic nitrogens is 5. The highest BCUT2D eigenvalue weighted by molar-refractivity contribution is 7.85. The number of carbonyl (C=O) groups excluding carboxylic acids is 1. The molecule has 0 bridgehead atoms. The van der Waals surface area contributed by atoms with Crippen LogP contribution < -0.4 is 10.5 Å². The number of carbonyl (C=O) groups is 1. The molecule has 1 aliphatic heterocycles. The van der Waals surface area contributed by atoms with Crippen LogP contribution in [0.1, 0.15) is 24.2 Å². The largest absolute Gasteiger partial charge is 0.387 e. The number of aromatic amines is 1. The van der Waals surface area contributed by atoms with E-state index in [4.69, 9.17) is 14.7 Å². The second-order valence-electron chi connectivity index (χ2n) is 8.67. The first kappa shape index (κ1) is 25.0. The highest BCUT2D eigenvalue weighted by Crippen LogP contribution is 2.32. The summed E-state index contributed by atoms with van der Waals surface area (Å²) in [6.45, 7) is 0.978. The summed E-state index contributed by atoms with van der Waals surface area (Å²) >= 11 is 0. The molecule has 5 rings (SSSR count). The summed E-state index contributed by atoms with van der Waals surface area (Å²) in [6.07, 6.45) is -3.79. The second kappa shape index (κ2) is 9.68. The van der Waals surface area contributed by atoms with Crippen molar-refractivity contribution in [2.75, 3.05) is 12.3 Å². The molecule has 0 saturated carbocycles. The zero-order valence-corrected chi connectivity index (χ0v) is 20.4. The van der Waals surface area contributed by atoms with Gasteiger partial charge < -0.3 is 25.7 Å². The highest BCUT2D eigenvalue weighted by Gasteiger charge is 2.45. The molecular formula is C22H25N7O7S. The summed E-state index contributed by atoms with van der Waals surface area (Å²) in [5.41, 5.74) is 8.12. The Morgan fingerprint density at radius 2 is 2.05 bits per heavy atom. The normalized spacial score (nSPS) is 22.1. The van der Waals surface area contributed by atoms with E-state index in [1.165, 1.54) is 10.9 Å². The van der Waals surface area contributed by atoms with Gasteiger partial charge in [-0.3, -0.25) is 13.5 Å². The fourth-order valence-electron chi connectivity index (χ4n) is 4.23. The number of imidazole rings is 1. The Balaban J connectivity index is 1.18. The van der Waals surface area contributed by atoms with Crippen molar-refractivity contribution in [3.63, 3.8) is 0 Å². The molecule has 1 unspecified atom stereocenters. The number of hydrogen-bond donors (Lipinski definition) is 5. The number of nitrogen functional groups attached to an aromatic ring is 1. The average Bonchev–Trinajstić information content (AvgIpc) is 3.52. The minimum atomic E-state index is -4.49. The van der Waals surface area contributed by atoms with E-state index >= 15 is 0 Å². The molecule has 1 aliphatic rings. The van der Waals surface area contributed by atoms with Gasteiger partial charge in [0.25, 0.3) is 0 Å². The smallest absolute Gasteiger partial charge is 0.362 e. The molecule has 196 valence electrons. The van der Waals surface area contributed by atoms with Gasteiger partial charge in [-0.15, -0.1) is 0 Å². The molecule has 6 N–H and O–H groups in total. The SMILES string of the molecule is Cc1nc(N)c2ncn([C@@H]3O[C@H](COS(=O)(=O)NC(=O)CCc4cc5ccccc5[nH]4)C(O)[C@@H]3O)c2n1. The van der Waals surface area contributed by atoms with Crippen LogP contribution in [0.25, 0.3) is 22.1 Å². The van der Waals surface area contributed by atoms with Crippen LogP contribution in [0.15, 0.2) is 36.7 Å². The quantitative estimate of drug-likeness (QED) is 0.202. The van der Waals surface area contributed by atoms with E-state index in [1.54, 1.807) is 6.92 Å².